The molecule has 0 bridgehead atoms. The van der Waals surface area contributed by atoms with Crippen molar-refractivity contribution in [3.63, 3.8) is 0 Å². The number of aromatic nitrogens is 1. The van der Waals surface area contributed by atoms with E-state index in [4.69, 9.17) is 32.4 Å². The van der Waals surface area contributed by atoms with E-state index in [0.29, 0.717) is 27.8 Å². The number of carbonyl (C=O) groups is 1. The third-order valence-electron chi connectivity index (χ3n) is 5.08. The van der Waals surface area contributed by atoms with Crippen LogP contribution in [-0.2, 0) is 12.8 Å². The highest BCUT2D eigenvalue weighted by Gasteiger charge is 2.30. The molecule has 0 radical (unpaired) electrons. The Labute approximate surface area is 191 Å². The first-order valence-corrected chi connectivity index (χ1v) is 10.5. The number of rotatable bonds is 6. The van der Waals surface area contributed by atoms with Gasteiger partial charge in [-0.25, -0.2) is 4.98 Å². The van der Waals surface area contributed by atoms with E-state index in [1.54, 1.807) is 30.3 Å². The average Bonchev–Trinajstić information content (AvgIpc) is 3.40. The maximum Gasteiger partial charge on any atom is 0.389 e. The zero-order chi connectivity index (χ0) is 22.9. The van der Waals surface area contributed by atoms with Crippen LogP contribution in [0.4, 0.5) is 13.2 Å². The summed E-state index contributed by atoms with van der Waals surface area (Å²) in [6.45, 7) is 0.565. The fraction of sp³-hybridized carbons (Fsp3) is 0.273. The van der Waals surface area contributed by atoms with E-state index < -0.39 is 31.0 Å². The van der Waals surface area contributed by atoms with Crippen LogP contribution in [0.3, 0.4) is 0 Å². The van der Waals surface area contributed by atoms with Gasteiger partial charge >= 0.3 is 6.18 Å². The number of amides is 1. The molecule has 1 amide bonds. The SMILES string of the molecule is O=C(NC(c1ccc2c(c1)CCO2)c1cc(Cl)ccc1Cl)c1ncoc1CCC(F)(F)F. The minimum absolute atomic E-state index is 0.141. The van der Waals surface area contributed by atoms with Crippen molar-refractivity contribution in [1.29, 1.82) is 0 Å². The lowest BCUT2D eigenvalue weighted by Crippen LogP contribution is -2.30. The van der Waals surface area contributed by atoms with Gasteiger partial charge in [0.05, 0.1) is 19.1 Å². The fourth-order valence-electron chi connectivity index (χ4n) is 3.55. The Morgan fingerprint density at radius 1 is 1.19 bits per heavy atom. The summed E-state index contributed by atoms with van der Waals surface area (Å²) in [5.41, 5.74) is 2.02. The number of fused-ring (bicyclic) bond motifs is 1. The normalized spacial score (nSPS) is 14.0. The molecule has 0 fully saturated rings. The Bertz CT molecular complexity index is 1150. The highest BCUT2D eigenvalue weighted by Crippen LogP contribution is 2.35. The van der Waals surface area contributed by atoms with Gasteiger partial charge in [0, 0.05) is 22.9 Å². The summed E-state index contributed by atoms with van der Waals surface area (Å²) in [5.74, 6) is -0.0613. The van der Waals surface area contributed by atoms with Crippen molar-refractivity contribution in [3.8, 4) is 5.75 Å². The third-order valence-corrected chi connectivity index (χ3v) is 5.66. The number of benzene rings is 2. The summed E-state index contributed by atoms with van der Waals surface area (Å²) in [4.78, 5) is 16.9. The average molecular weight is 485 g/mol. The third kappa shape index (κ3) is 5.02. The molecule has 1 atom stereocenters. The van der Waals surface area contributed by atoms with Crippen molar-refractivity contribution in [2.24, 2.45) is 0 Å². The van der Waals surface area contributed by atoms with Crippen LogP contribution >= 0.6 is 23.2 Å². The van der Waals surface area contributed by atoms with Gasteiger partial charge < -0.3 is 14.5 Å². The van der Waals surface area contributed by atoms with Crippen molar-refractivity contribution in [2.45, 2.75) is 31.5 Å². The van der Waals surface area contributed by atoms with E-state index in [9.17, 15) is 18.0 Å². The Balaban J connectivity index is 1.67. The van der Waals surface area contributed by atoms with Crippen LogP contribution in [0.25, 0.3) is 0 Å². The molecule has 0 aliphatic carbocycles. The number of aryl methyl sites for hydroxylation is 1. The molecule has 0 spiro atoms. The van der Waals surface area contributed by atoms with E-state index >= 15 is 0 Å². The molecule has 1 aromatic heterocycles. The number of hydrogen-bond donors (Lipinski definition) is 1. The number of ether oxygens (including phenoxy) is 1. The Hall–Kier alpha value is -2.71. The van der Waals surface area contributed by atoms with Gasteiger partial charge in [-0.1, -0.05) is 29.3 Å². The lowest BCUT2D eigenvalue weighted by Gasteiger charge is -2.21. The maximum atomic E-state index is 13.0. The maximum absolute atomic E-state index is 13.0. The van der Waals surface area contributed by atoms with Gasteiger partial charge in [-0.15, -0.1) is 0 Å². The highest BCUT2D eigenvalue weighted by molar-refractivity contribution is 6.33. The second kappa shape index (κ2) is 9.03. The van der Waals surface area contributed by atoms with Crippen LogP contribution in [0.2, 0.25) is 10.0 Å². The number of halogens is 5. The topological polar surface area (TPSA) is 64.4 Å². The quantitative estimate of drug-likeness (QED) is 0.470. The van der Waals surface area contributed by atoms with E-state index in [2.05, 4.69) is 10.3 Å². The zero-order valence-electron chi connectivity index (χ0n) is 16.5. The van der Waals surface area contributed by atoms with Crippen molar-refractivity contribution >= 4 is 29.1 Å². The molecule has 1 unspecified atom stereocenters. The van der Waals surface area contributed by atoms with Crippen molar-refractivity contribution in [3.05, 3.63) is 81.0 Å². The zero-order valence-corrected chi connectivity index (χ0v) is 18.0. The lowest BCUT2D eigenvalue weighted by atomic mass is 9.96. The molecule has 32 heavy (non-hydrogen) atoms. The van der Waals surface area contributed by atoms with Gasteiger partial charge in [-0.2, -0.15) is 13.2 Å². The van der Waals surface area contributed by atoms with Crippen LogP contribution in [0.15, 0.2) is 47.2 Å². The first kappa shape index (κ1) is 22.5. The number of hydrogen-bond acceptors (Lipinski definition) is 4. The monoisotopic (exact) mass is 484 g/mol. The van der Waals surface area contributed by atoms with E-state index in [1.165, 1.54) is 0 Å². The molecule has 1 N–H and O–H groups in total. The summed E-state index contributed by atoms with van der Waals surface area (Å²) in [5, 5.41) is 3.61. The summed E-state index contributed by atoms with van der Waals surface area (Å²) in [6, 6.07) is 9.63. The number of oxazole rings is 1. The Morgan fingerprint density at radius 3 is 2.78 bits per heavy atom. The number of carbonyl (C=O) groups excluding carboxylic acids is 1. The molecule has 2 heterocycles. The van der Waals surface area contributed by atoms with Gasteiger partial charge in [0.2, 0.25) is 0 Å². The van der Waals surface area contributed by atoms with Gasteiger partial charge in [0.1, 0.15) is 11.5 Å². The minimum atomic E-state index is -4.39. The standard InChI is InChI=1S/C22H17Cl2F3N2O3/c23-14-2-3-16(24)15(10-14)19(13-1-4-17-12(9-13)6-8-31-17)29-21(30)20-18(32-11-28-20)5-7-22(25,26)27/h1-4,9-11,19H,5-8H2,(H,29,30). The van der Waals surface area contributed by atoms with Crippen LogP contribution in [0.5, 0.6) is 5.75 Å². The van der Waals surface area contributed by atoms with Gasteiger partial charge in [0.15, 0.2) is 12.1 Å². The summed E-state index contributed by atoms with van der Waals surface area (Å²) in [6.07, 6.45) is -4.33. The van der Waals surface area contributed by atoms with Crippen molar-refractivity contribution < 1.29 is 27.1 Å². The molecule has 1 aliphatic heterocycles. The predicted octanol–water partition coefficient (Wildman–Crippen LogP) is 5.93. The fourth-order valence-corrected chi connectivity index (χ4v) is 3.96. The molecule has 168 valence electrons. The molecular weight excluding hydrogens is 468 g/mol. The molecule has 1 aliphatic rings. The van der Waals surface area contributed by atoms with Crippen LogP contribution in [-0.4, -0.2) is 23.7 Å². The van der Waals surface area contributed by atoms with Crippen LogP contribution in [0, 0.1) is 0 Å². The summed E-state index contributed by atoms with van der Waals surface area (Å²) >= 11 is 12.6. The molecule has 2 aromatic carbocycles. The molecule has 0 saturated carbocycles. The smallest absolute Gasteiger partial charge is 0.389 e. The Kier molecular flexibility index (Phi) is 6.35. The molecule has 5 nitrogen and oxygen atoms in total. The minimum Gasteiger partial charge on any atom is -0.493 e. The van der Waals surface area contributed by atoms with Gasteiger partial charge in [-0.3, -0.25) is 4.79 Å². The van der Waals surface area contributed by atoms with E-state index in [-0.39, 0.29) is 11.5 Å². The molecule has 4 rings (SSSR count). The first-order valence-electron chi connectivity index (χ1n) is 9.72. The highest BCUT2D eigenvalue weighted by atomic mass is 35.5. The second-order valence-electron chi connectivity index (χ2n) is 7.28. The second-order valence-corrected chi connectivity index (χ2v) is 8.12. The molecular formula is C22H17Cl2F3N2O3. The lowest BCUT2D eigenvalue weighted by molar-refractivity contribution is -0.134. The van der Waals surface area contributed by atoms with E-state index in [1.807, 2.05) is 6.07 Å². The largest absolute Gasteiger partial charge is 0.493 e. The van der Waals surface area contributed by atoms with Gasteiger partial charge in [0.25, 0.3) is 5.91 Å². The van der Waals surface area contributed by atoms with Crippen molar-refractivity contribution in [1.82, 2.24) is 10.3 Å². The summed E-state index contributed by atoms with van der Waals surface area (Å²) < 4.78 is 48.5. The number of nitrogens with zero attached hydrogens (tertiary/aromatic N) is 1. The first-order chi connectivity index (χ1) is 15.2. The molecule has 0 saturated heterocycles. The van der Waals surface area contributed by atoms with Crippen LogP contribution in [0.1, 0.15) is 45.4 Å². The summed E-state index contributed by atoms with van der Waals surface area (Å²) in [7, 11) is 0. The number of nitrogens with one attached hydrogen (secondary N) is 1. The van der Waals surface area contributed by atoms with E-state index in [0.717, 1.165) is 24.1 Å². The molecule has 3 aromatic rings. The molecule has 10 heteroatoms. The van der Waals surface area contributed by atoms with Gasteiger partial charge in [-0.05, 0) is 47.0 Å². The van der Waals surface area contributed by atoms with Crippen molar-refractivity contribution in [2.75, 3.05) is 6.61 Å². The Morgan fingerprint density at radius 2 is 2.00 bits per heavy atom. The predicted molar refractivity (Wildman–Crippen MR) is 112 cm³/mol. The number of alkyl halides is 3. The van der Waals surface area contributed by atoms with Crippen LogP contribution < -0.4 is 10.1 Å².